The van der Waals surface area contributed by atoms with Gasteiger partial charge in [-0.2, -0.15) is 0 Å². The first-order chi connectivity index (χ1) is 6.43. The second-order valence-electron chi connectivity index (χ2n) is 4.35. The van der Waals surface area contributed by atoms with E-state index in [0.717, 1.165) is 12.0 Å². The van der Waals surface area contributed by atoms with Crippen LogP contribution in [0.3, 0.4) is 0 Å². The van der Waals surface area contributed by atoms with Gasteiger partial charge in [-0.05, 0) is 32.1 Å². The first kappa shape index (κ1) is 13.2. The van der Waals surface area contributed by atoms with Crippen molar-refractivity contribution in [1.82, 2.24) is 0 Å². The number of carbonyl (C=O) groups excluding carboxylic acids is 1. The molecule has 0 saturated carbocycles. The first-order valence-electron chi connectivity index (χ1n) is 5.26. The van der Waals surface area contributed by atoms with Gasteiger partial charge < -0.3 is 4.79 Å². The molecular weight excluding hydrogens is 172 g/mol. The molecule has 0 aliphatic heterocycles. The van der Waals surface area contributed by atoms with Gasteiger partial charge in [0.25, 0.3) is 0 Å². The van der Waals surface area contributed by atoms with Crippen molar-refractivity contribution in [2.45, 2.75) is 40.5 Å². The lowest BCUT2D eigenvalue weighted by atomic mass is 9.90. The van der Waals surface area contributed by atoms with E-state index in [-0.39, 0.29) is 5.78 Å². The van der Waals surface area contributed by atoms with Crippen molar-refractivity contribution < 1.29 is 4.79 Å². The molecule has 0 unspecified atom stereocenters. The maximum Gasteiger partial charge on any atom is 0.129 e. The molecule has 0 spiro atoms. The molecular formula is C13H22O. The van der Waals surface area contributed by atoms with E-state index in [1.807, 2.05) is 13.0 Å². The number of hydrogen-bond acceptors (Lipinski definition) is 1. The standard InChI is InChI=1S/C13H22O/c1-10(2)6-8-13(11(3)4)9-7-12(5)14/h6,8,11,13H,1,7,9H2,2-5H3/t13-/m0/s1. The van der Waals surface area contributed by atoms with Gasteiger partial charge in [-0.15, -0.1) is 0 Å². The average Bonchev–Trinajstić information content (AvgIpc) is 2.02. The fourth-order valence-corrected chi connectivity index (χ4v) is 1.31. The van der Waals surface area contributed by atoms with E-state index in [4.69, 9.17) is 0 Å². The molecule has 0 aliphatic carbocycles. The molecule has 0 saturated heterocycles. The number of Topliss-reactive ketones (excluding diaryl/α,β-unsaturated/α-hetero) is 1. The van der Waals surface area contributed by atoms with Gasteiger partial charge in [-0.3, -0.25) is 0 Å². The molecule has 0 radical (unpaired) electrons. The highest BCUT2D eigenvalue weighted by atomic mass is 16.1. The van der Waals surface area contributed by atoms with E-state index in [1.54, 1.807) is 6.92 Å². The Morgan fingerprint density at radius 2 is 1.93 bits per heavy atom. The molecule has 0 aromatic carbocycles. The second-order valence-corrected chi connectivity index (χ2v) is 4.35. The molecule has 0 heterocycles. The number of carbonyl (C=O) groups is 1. The fraction of sp³-hybridized carbons (Fsp3) is 0.615. The van der Waals surface area contributed by atoms with Crippen molar-refractivity contribution in [1.29, 1.82) is 0 Å². The third-order valence-electron chi connectivity index (χ3n) is 2.31. The monoisotopic (exact) mass is 194 g/mol. The van der Waals surface area contributed by atoms with Crippen LogP contribution in [0, 0.1) is 11.8 Å². The quantitative estimate of drug-likeness (QED) is 0.588. The minimum absolute atomic E-state index is 0.277. The number of rotatable bonds is 6. The molecule has 0 aromatic rings. The molecule has 0 amide bonds. The van der Waals surface area contributed by atoms with E-state index in [0.29, 0.717) is 18.3 Å². The number of hydrogen-bond donors (Lipinski definition) is 0. The Morgan fingerprint density at radius 1 is 1.36 bits per heavy atom. The topological polar surface area (TPSA) is 17.1 Å². The van der Waals surface area contributed by atoms with E-state index in [1.165, 1.54) is 0 Å². The van der Waals surface area contributed by atoms with E-state index in [9.17, 15) is 4.79 Å². The van der Waals surface area contributed by atoms with Crippen molar-refractivity contribution in [3.63, 3.8) is 0 Å². The predicted molar refractivity (Wildman–Crippen MR) is 62.2 cm³/mol. The van der Waals surface area contributed by atoms with Gasteiger partial charge in [-0.1, -0.05) is 38.2 Å². The normalized spacial score (nSPS) is 13.5. The summed E-state index contributed by atoms with van der Waals surface area (Å²) in [4.78, 5) is 10.9. The van der Waals surface area contributed by atoms with E-state index < -0.39 is 0 Å². The zero-order valence-corrected chi connectivity index (χ0v) is 9.84. The Labute approximate surface area is 87.9 Å². The second kappa shape index (κ2) is 6.58. The van der Waals surface area contributed by atoms with Crippen LogP contribution in [0.1, 0.15) is 40.5 Å². The van der Waals surface area contributed by atoms with Crippen LogP contribution in [0.15, 0.2) is 24.3 Å². The van der Waals surface area contributed by atoms with E-state index in [2.05, 4.69) is 26.5 Å². The molecule has 0 rings (SSSR count). The smallest absolute Gasteiger partial charge is 0.129 e. The Hall–Kier alpha value is -0.850. The molecule has 0 aliphatic rings. The van der Waals surface area contributed by atoms with Crippen molar-refractivity contribution in [3.05, 3.63) is 24.3 Å². The fourth-order valence-electron chi connectivity index (χ4n) is 1.31. The largest absolute Gasteiger partial charge is 0.300 e. The van der Waals surface area contributed by atoms with Crippen molar-refractivity contribution in [2.24, 2.45) is 11.8 Å². The summed E-state index contributed by atoms with van der Waals surface area (Å²) in [6.45, 7) is 11.8. The van der Waals surface area contributed by atoms with Crippen LogP contribution in [-0.2, 0) is 4.79 Å². The summed E-state index contributed by atoms with van der Waals surface area (Å²) in [7, 11) is 0. The zero-order valence-electron chi connectivity index (χ0n) is 9.84. The lowest BCUT2D eigenvalue weighted by molar-refractivity contribution is -0.117. The predicted octanol–water partition coefficient (Wildman–Crippen LogP) is 3.76. The van der Waals surface area contributed by atoms with Crippen LogP contribution in [0.4, 0.5) is 0 Å². The van der Waals surface area contributed by atoms with Gasteiger partial charge in [0.1, 0.15) is 5.78 Å². The van der Waals surface area contributed by atoms with Crippen molar-refractivity contribution >= 4 is 5.78 Å². The maximum atomic E-state index is 10.9. The number of allylic oxidation sites excluding steroid dienone is 3. The summed E-state index contributed by atoms with van der Waals surface area (Å²) in [5.74, 6) is 1.36. The van der Waals surface area contributed by atoms with Crippen LogP contribution < -0.4 is 0 Å². The van der Waals surface area contributed by atoms with Gasteiger partial charge >= 0.3 is 0 Å². The SMILES string of the molecule is C=C(C)C=C[C@@H](CCC(C)=O)C(C)C. The number of ketones is 1. The van der Waals surface area contributed by atoms with Gasteiger partial charge in [0.2, 0.25) is 0 Å². The molecule has 0 fully saturated rings. The highest BCUT2D eigenvalue weighted by Crippen LogP contribution is 2.19. The van der Waals surface area contributed by atoms with Crippen LogP contribution in [-0.4, -0.2) is 5.78 Å². The molecule has 1 heteroatoms. The highest BCUT2D eigenvalue weighted by Gasteiger charge is 2.10. The maximum absolute atomic E-state index is 10.9. The Balaban J connectivity index is 4.16. The van der Waals surface area contributed by atoms with Crippen molar-refractivity contribution in [2.75, 3.05) is 0 Å². The summed E-state index contributed by atoms with van der Waals surface area (Å²) >= 11 is 0. The Morgan fingerprint density at radius 3 is 2.29 bits per heavy atom. The molecule has 0 aromatic heterocycles. The minimum Gasteiger partial charge on any atom is -0.300 e. The lowest BCUT2D eigenvalue weighted by Crippen LogP contribution is -2.07. The zero-order chi connectivity index (χ0) is 11.1. The van der Waals surface area contributed by atoms with Crippen LogP contribution in [0.25, 0.3) is 0 Å². The Bertz CT molecular complexity index is 223. The molecule has 1 nitrogen and oxygen atoms in total. The molecule has 1 atom stereocenters. The molecule has 80 valence electrons. The van der Waals surface area contributed by atoms with Gasteiger partial charge in [0, 0.05) is 6.42 Å². The Kier molecular flexibility index (Phi) is 6.18. The van der Waals surface area contributed by atoms with Gasteiger partial charge in [0.05, 0.1) is 0 Å². The molecule has 0 bridgehead atoms. The van der Waals surface area contributed by atoms with Crippen molar-refractivity contribution in [3.8, 4) is 0 Å². The van der Waals surface area contributed by atoms with Crippen LogP contribution in [0.2, 0.25) is 0 Å². The third-order valence-corrected chi connectivity index (χ3v) is 2.31. The lowest BCUT2D eigenvalue weighted by Gasteiger charge is -2.15. The first-order valence-corrected chi connectivity index (χ1v) is 5.26. The average molecular weight is 194 g/mol. The van der Waals surface area contributed by atoms with Crippen LogP contribution >= 0.6 is 0 Å². The minimum atomic E-state index is 0.277. The molecule has 14 heavy (non-hydrogen) atoms. The van der Waals surface area contributed by atoms with Gasteiger partial charge in [-0.25, -0.2) is 0 Å². The van der Waals surface area contributed by atoms with Crippen LogP contribution in [0.5, 0.6) is 0 Å². The summed E-state index contributed by atoms with van der Waals surface area (Å²) in [5, 5.41) is 0. The summed E-state index contributed by atoms with van der Waals surface area (Å²) < 4.78 is 0. The van der Waals surface area contributed by atoms with E-state index >= 15 is 0 Å². The summed E-state index contributed by atoms with van der Waals surface area (Å²) in [6.07, 6.45) is 5.86. The van der Waals surface area contributed by atoms with Gasteiger partial charge in [0.15, 0.2) is 0 Å². The summed E-state index contributed by atoms with van der Waals surface area (Å²) in [6, 6.07) is 0. The highest BCUT2D eigenvalue weighted by molar-refractivity contribution is 5.75. The summed E-state index contributed by atoms with van der Waals surface area (Å²) in [5.41, 5.74) is 1.07. The molecule has 0 N–H and O–H groups in total. The third kappa shape index (κ3) is 6.64.